The van der Waals surface area contributed by atoms with Crippen molar-refractivity contribution in [1.82, 2.24) is 0 Å². The zero-order valence-electron chi connectivity index (χ0n) is 16.9. The molecule has 0 saturated carbocycles. The van der Waals surface area contributed by atoms with E-state index in [2.05, 4.69) is 5.32 Å². The third-order valence-electron chi connectivity index (χ3n) is 4.45. The van der Waals surface area contributed by atoms with E-state index >= 15 is 0 Å². The van der Waals surface area contributed by atoms with Crippen molar-refractivity contribution in [2.45, 2.75) is 20.5 Å². The Labute approximate surface area is 171 Å². The summed E-state index contributed by atoms with van der Waals surface area (Å²) in [5, 5.41) is 2.91. The van der Waals surface area contributed by atoms with Crippen LogP contribution >= 0.6 is 0 Å². The predicted octanol–water partition coefficient (Wildman–Crippen LogP) is 5.23. The molecule has 0 spiro atoms. The molecule has 0 aromatic heterocycles. The van der Waals surface area contributed by atoms with Gasteiger partial charge in [-0.05, 0) is 55.8 Å². The van der Waals surface area contributed by atoms with Crippen LogP contribution in [-0.2, 0) is 6.61 Å². The number of hydrogen-bond acceptors (Lipinski definition) is 4. The smallest absolute Gasteiger partial charge is 0.255 e. The number of benzene rings is 3. The number of amides is 1. The van der Waals surface area contributed by atoms with Crippen LogP contribution in [0.2, 0.25) is 0 Å². The quantitative estimate of drug-likeness (QED) is 0.571. The normalized spacial score (nSPS) is 10.3. The molecule has 1 amide bonds. The first-order chi connectivity index (χ1) is 14.1. The number of hydrogen-bond donors (Lipinski definition) is 1. The average molecular weight is 391 g/mol. The molecule has 0 aliphatic rings. The molecule has 0 unspecified atom stereocenters. The van der Waals surface area contributed by atoms with Gasteiger partial charge in [0.25, 0.3) is 5.91 Å². The fourth-order valence-corrected chi connectivity index (χ4v) is 2.95. The van der Waals surface area contributed by atoms with E-state index in [9.17, 15) is 4.79 Å². The highest BCUT2D eigenvalue weighted by Gasteiger charge is 2.13. The van der Waals surface area contributed by atoms with Crippen LogP contribution in [0.4, 0.5) is 5.69 Å². The maximum atomic E-state index is 12.8. The van der Waals surface area contributed by atoms with Gasteiger partial charge in [-0.2, -0.15) is 0 Å². The molecule has 0 aliphatic heterocycles. The van der Waals surface area contributed by atoms with Crippen molar-refractivity contribution in [2.24, 2.45) is 0 Å². The summed E-state index contributed by atoms with van der Waals surface area (Å²) in [7, 11) is 1.60. The van der Waals surface area contributed by atoms with Gasteiger partial charge in [-0.15, -0.1) is 0 Å². The minimum absolute atomic E-state index is 0.225. The third-order valence-corrected chi connectivity index (χ3v) is 4.45. The van der Waals surface area contributed by atoms with Gasteiger partial charge in [-0.3, -0.25) is 4.79 Å². The van der Waals surface area contributed by atoms with Crippen molar-refractivity contribution in [3.05, 3.63) is 83.4 Å². The number of aryl methyl sites for hydroxylation is 1. The van der Waals surface area contributed by atoms with E-state index in [1.165, 1.54) is 0 Å². The van der Waals surface area contributed by atoms with Crippen LogP contribution in [0, 0.1) is 6.92 Å². The van der Waals surface area contributed by atoms with Gasteiger partial charge in [0.2, 0.25) is 0 Å². The zero-order chi connectivity index (χ0) is 20.6. The Kier molecular flexibility index (Phi) is 6.74. The maximum Gasteiger partial charge on any atom is 0.255 e. The van der Waals surface area contributed by atoms with Crippen LogP contribution in [-0.4, -0.2) is 19.6 Å². The lowest BCUT2D eigenvalue weighted by Gasteiger charge is -2.14. The van der Waals surface area contributed by atoms with E-state index in [4.69, 9.17) is 14.2 Å². The van der Waals surface area contributed by atoms with Gasteiger partial charge in [-0.25, -0.2) is 0 Å². The van der Waals surface area contributed by atoms with Crippen molar-refractivity contribution in [1.29, 1.82) is 0 Å². The molecule has 150 valence electrons. The largest absolute Gasteiger partial charge is 0.496 e. The number of ether oxygens (including phenoxy) is 3. The summed E-state index contributed by atoms with van der Waals surface area (Å²) in [6.45, 7) is 4.72. The van der Waals surface area contributed by atoms with Crippen LogP contribution in [0.25, 0.3) is 0 Å². The van der Waals surface area contributed by atoms with E-state index in [-0.39, 0.29) is 5.91 Å². The number of carbonyl (C=O) groups excluding carboxylic acids is 1. The van der Waals surface area contributed by atoms with Crippen molar-refractivity contribution in [3.63, 3.8) is 0 Å². The standard InChI is InChI=1S/C24H25NO4/c1-4-28-23-12-8-6-10-20(23)25-24(26)18-13-14-22(27-3)19(15-18)16-29-21-11-7-5-9-17(21)2/h5-15H,4,16H2,1-3H3,(H,25,26). The molecule has 0 atom stereocenters. The first-order valence-corrected chi connectivity index (χ1v) is 9.51. The monoisotopic (exact) mass is 391 g/mol. The minimum Gasteiger partial charge on any atom is -0.496 e. The van der Waals surface area contributed by atoms with E-state index in [0.29, 0.717) is 36.0 Å². The third kappa shape index (κ3) is 5.08. The molecule has 0 heterocycles. The van der Waals surface area contributed by atoms with Crippen molar-refractivity contribution >= 4 is 11.6 Å². The molecular weight excluding hydrogens is 366 g/mol. The Morgan fingerprint density at radius 1 is 0.897 bits per heavy atom. The summed E-state index contributed by atoms with van der Waals surface area (Å²) < 4.78 is 17.0. The summed E-state index contributed by atoms with van der Waals surface area (Å²) >= 11 is 0. The molecule has 0 fully saturated rings. The molecule has 0 radical (unpaired) electrons. The van der Waals surface area contributed by atoms with Gasteiger partial charge in [0.05, 0.1) is 19.4 Å². The Morgan fingerprint density at radius 2 is 1.62 bits per heavy atom. The van der Waals surface area contributed by atoms with Crippen LogP contribution in [0.3, 0.4) is 0 Å². The molecule has 5 heteroatoms. The van der Waals surface area contributed by atoms with Crippen molar-refractivity contribution in [2.75, 3.05) is 19.0 Å². The lowest BCUT2D eigenvalue weighted by atomic mass is 10.1. The van der Waals surface area contributed by atoms with Crippen LogP contribution in [0.1, 0.15) is 28.4 Å². The van der Waals surface area contributed by atoms with Gasteiger partial charge in [-0.1, -0.05) is 30.3 Å². The number of methoxy groups -OCH3 is 1. The number of para-hydroxylation sites is 3. The summed E-state index contributed by atoms with van der Waals surface area (Å²) in [5.41, 5.74) is 2.99. The summed E-state index contributed by atoms with van der Waals surface area (Å²) in [4.78, 5) is 12.8. The number of nitrogens with one attached hydrogen (secondary N) is 1. The summed E-state index contributed by atoms with van der Waals surface area (Å²) in [6, 6.07) is 20.5. The highest BCUT2D eigenvalue weighted by atomic mass is 16.5. The second-order valence-corrected chi connectivity index (χ2v) is 6.46. The van der Waals surface area contributed by atoms with Gasteiger partial charge in [0, 0.05) is 11.1 Å². The Hall–Kier alpha value is -3.47. The van der Waals surface area contributed by atoms with E-state index < -0.39 is 0 Å². The summed E-state index contributed by atoms with van der Waals surface area (Å²) in [5.74, 6) is 1.89. The molecule has 3 aromatic carbocycles. The SMILES string of the molecule is CCOc1ccccc1NC(=O)c1ccc(OC)c(COc2ccccc2C)c1. The highest BCUT2D eigenvalue weighted by molar-refractivity contribution is 6.05. The van der Waals surface area contributed by atoms with Gasteiger partial charge >= 0.3 is 0 Å². The first kappa shape index (κ1) is 20.3. The van der Waals surface area contributed by atoms with Crippen molar-refractivity contribution in [3.8, 4) is 17.2 Å². The molecule has 5 nitrogen and oxygen atoms in total. The van der Waals surface area contributed by atoms with Crippen LogP contribution < -0.4 is 19.5 Å². The number of carbonyl (C=O) groups is 1. The molecule has 3 aromatic rings. The van der Waals surface area contributed by atoms with E-state index in [1.807, 2.05) is 62.4 Å². The molecule has 0 bridgehead atoms. The maximum absolute atomic E-state index is 12.8. The highest BCUT2D eigenvalue weighted by Crippen LogP contribution is 2.27. The summed E-state index contributed by atoms with van der Waals surface area (Å²) in [6.07, 6.45) is 0. The first-order valence-electron chi connectivity index (χ1n) is 9.51. The Morgan fingerprint density at radius 3 is 2.34 bits per heavy atom. The van der Waals surface area contributed by atoms with E-state index in [0.717, 1.165) is 16.9 Å². The number of rotatable bonds is 8. The Bertz CT molecular complexity index is 984. The zero-order valence-corrected chi connectivity index (χ0v) is 16.9. The van der Waals surface area contributed by atoms with Gasteiger partial charge in [0.15, 0.2) is 0 Å². The lowest BCUT2D eigenvalue weighted by molar-refractivity contribution is 0.102. The fraction of sp³-hybridized carbons (Fsp3) is 0.208. The fourth-order valence-electron chi connectivity index (χ4n) is 2.95. The van der Waals surface area contributed by atoms with Crippen molar-refractivity contribution < 1.29 is 19.0 Å². The molecular formula is C24H25NO4. The average Bonchev–Trinajstić information content (AvgIpc) is 2.74. The molecule has 0 saturated heterocycles. The molecule has 1 N–H and O–H groups in total. The second-order valence-electron chi connectivity index (χ2n) is 6.46. The molecule has 0 aliphatic carbocycles. The van der Waals surface area contributed by atoms with E-state index in [1.54, 1.807) is 25.3 Å². The topological polar surface area (TPSA) is 56.8 Å². The lowest BCUT2D eigenvalue weighted by Crippen LogP contribution is -2.14. The van der Waals surface area contributed by atoms with Crippen LogP contribution in [0.5, 0.6) is 17.2 Å². The number of anilines is 1. The molecule has 29 heavy (non-hydrogen) atoms. The second kappa shape index (κ2) is 9.64. The predicted molar refractivity (Wildman–Crippen MR) is 114 cm³/mol. The molecule has 3 rings (SSSR count). The van der Waals surface area contributed by atoms with Gasteiger partial charge in [0.1, 0.15) is 23.9 Å². The van der Waals surface area contributed by atoms with Crippen LogP contribution in [0.15, 0.2) is 66.7 Å². The Balaban J connectivity index is 1.79. The minimum atomic E-state index is -0.225. The van der Waals surface area contributed by atoms with Gasteiger partial charge < -0.3 is 19.5 Å².